The number of carbonyl (C=O) groups is 1. The van der Waals surface area contributed by atoms with Gasteiger partial charge in [-0.1, -0.05) is 30.9 Å². The average molecular weight is 356 g/mol. The molecule has 0 radical (unpaired) electrons. The minimum atomic E-state index is -0.169. The Balaban J connectivity index is 1.87. The van der Waals surface area contributed by atoms with Crippen LogP contribution < -0.4 is 20.1 Å². The first-order valence-corrected chi connectivity index (χ1v) is 8.31. The molecule has 1 amide bonds. The normalized spacial score (nSPS) is 10.0. The summed E-state index contributed by atoms with van der Waals surface area (Å²) in [4.78, 5) is 12.2. The number of anilines is 2. The molecule has 2 aromatic rings. The summed E-state index contributed by atoms with van der Waals surface area (Å²) in [5, 5.41) is 5.92. The summed E-state index contributed by atoms with van der Waals surface area (Å²) in [5.74, 6) is 1.18. The lowest BCUT2D eigenvalue weighted by Crippen LogP contribution is -2.22. The van der Waals surface area contributed by atoms with Crippen molar-refractivity contribution < 1.29 is 19.0 Å². The predicted molar refractivity (Wildman–Crippen MR) is 103 cm³/mol. The SMILES string of the molecule is C=CCOc1ccccc1NCC(=O)Nc1cccc(OCCOC)c1. The fourth-order valence-corrected chi connectivity index (χ4v) is 2.17. The molecule has 0 aliphatic carbocycles. The zero-order valence-electron chi connectivity index (χ0n) is 14.9. The van der Waals surface area contributed by atoms with Crippen molar-refractivity contribution in [1.29, 1.82) is 0 Å². The molecule has 0 heterocycles. The molecule has 0 unspecified atom stereocenters. The van der Waals surface area contributed by atoms with Crippen molar-refractivity contribution in [2.75, 3.05) is 44.1 Å². The Morgan fingerprint density at radius 2 is 1.96 bits per heavy atom. The lowest BCUT2D eigenvalue weighted by molar-refractivity contribution is -0.114. The molecule has 0 saturated carbocycles. The molecule has 2 rings (SSSR count). The molecule has 0 aromatic heterocycles. The number of hydrogen-bond donors (Lipinski definition) is 2. The molecule has 0 aliphatic rings. The summed E-state index contributed by atoms with van der Waals surface area (Å²) in [6, 6.07) is 14.7. The van der Waals surface area contributed by atoms with Crippen molar-refractivity contribution in [1.82, 2.24) is 0 Å². The van der Waals surface area contributed by atoms with E-state index in [9.17, 15) is 4.79 Å². The third kappa shape index (κ3) is 6.49. The van der Waals surface area contributed by atoms with Crippen LogP contribution in [0.4, 0.5) is 11.4 Å². The van der Waals surface area contributed by atoms with E-state index in [0.717, 1.165) is 5.69 Å². The number of methoxy groups -OCH3 is 1. The van der Waals surface area contributed by atoms with Crippen molar-refractivity contribution in [3.8, 4) is 11.5 Å². The van der Waals surface area contributed by atoms with Gasteiger partial charge in [0.15, 0.2) is 0 Å². The highest BCUT2D eigenvalue weighted by Crippen LogP contribution is 2.23. The minimum Gasteiger partial charge on any atom is -0.491 e. The van der Waals surface area contributed by atoms with Crippen molar-refractivity contribution in [2.45, 2.75) is 0 Å². The van der Waals surface area contributed by atoms with Crippen molar-refractivity contribution in [3.63, 3.8) is 0 Å². The Morgan fingerprint density at radius 3 is 2.77 bits per heavy atom. The Labute approximate surface area is 153 Å². The summed E-state index contributed by atoms with van der Waals surface area (Å²) in [7, 11) is 1.62. The molecule has 0 aliphatic heterocycles. The number of ether oxygens (including phenoxy) is 3. The van der Waals surface area contributed by atoms with Gasteiger partial charge in [-0.15, -0.1) is 0 Å². The summed E-state index contributed by atoms with van der Waals surface area (Å²) < 4.78 is 16.0. The Morgan fingerprint density at radius 1 is 1.12 bits per heavy atom. The van der Waals surface area contributed by atoms with Crippen molar-refractivity contribution >= 4 is 17.3 Å². The second kappa shape index (κ2) is 10.8. The van der Waals surface area contributed by atoms with E-state index < -0.39 is 0 Å². The molecular weight excluding hydrogens is 332 g/mol. The van der Waals surface area contributed by atoms with Gasteiger partial charge >= 0.3 is 0 Å². The highest BCUT2D eigenvalue weighted by atomic mass is 16.5. The maximum Gasteiger partial charge on any atom is 0.243 e. The van der Waals surface area contributed by atoms with Crippen LogP contribution in [0.2, 0.25) is 0 Å². The lowest BCUT2D eigenvalue weighted by atomic mass is 10.3. The summed E-state index contributed by atoms with van der Waals surface area (Å²) in [6.07, 6.45) is 1.67. The molecule has 0 bridgehead atoms. The second-order valence-electron chi connectivity index (χ2n) is 5.37. The lowest BCUT2D eigenvalue weighted by Gasteiger charge is -2.13. The molecule has 26 heavy (non-hydrogen) atoms. The van der Waals surface area contributed by atoms with Crippen LogP contribution in [-0.4, -0.2) is 39.4 Å². The molecule has 0 spiro atoms. The average Bonchev–Trinajstić information content (AvgIpc) is 2.66. The second-order valence-corrected chi connectivity index (χ2v) is 5.37. The molecule has 6 heteroatoms. The van der Waals surface area contributed by atoms with Gasteiger partial charge in [-0.05, 0) is 24.3 Å². The number of carbonyl (C=O) groups excluding carboxylic acids is 1. The van der Waals surface area contributed by atoms with Crippen LogP contribution in [-0.2, 0) is 9.53 Å². The smallest absolute Gasteiger partial charge is 0.243 e. The summed E-state index contributed by atoms with van der Waals surface area (Å²) in [6.45, 7) is 5.11. The fraction of sp³-hybridized carbons (Fsp3) is 0.250. The highest BCUT2D eigenvalue weighted by Gasteiger charge is 2.06. The molecule has 0 saturated heterocycles. The topological polar surface area (TPSA) is 68.8 Å². The van der Waals surface area contributed by atoms with Crippen LogP contribution in [0, 0.1) is 0 Å². The first-order valence-electron chi connectivity index (χ1n) is 8.31. The molecule has 6 nitrogen and oxygen atoms in total. The minimum absolute atomic E-state index is 0.114. The van der Waals surface area contributed by atoms with Gasteiger partial charge < -0.3 is 24.8 Å². The monoisotopic (exact) mass is 356 g/mol. The fourth-order valence-electron chi connectivity index (χ4n) is 2.17. The maximum atomic E-state index is 12.2. The van der Waals surface area contributed by atoms with Crippen molar-refractivity contribution in [3.05, 3.63) is 61.2 Å². The van der Waals surface area contributed by atoms with Crippen LogP contribution in [0.15, 0.2) is 61.2 Å². The van der Waals surface area contributed by atoms with E-state index in [1.165, 1.54) is 0 Å². The summed E-state index contributed by atoms with van der Waals surface area (Å²) >= 11 is 0. The standard InChI is InChI=1S/C20H24N2O4/c1-3-11-26-19-10-5-4-9-18(19)21-15-20(23)22-16-7-6-8-17(14-16)25-13-12-24-2/h3-10,14,21H,1,11-13,15H2,2H3,(H,22,23). The first-order chi connectivity index (χ1) is 12.7. The van der Waals surface area contributed by atoms with Crippen molar-refractivity contribution in [2.24, 2.45) is 0 Å². The predicted octanol–water partition coefficient (Wildman–Crippen LogP) is 3.33. The van der Waals surface area contributed by atoms with Gasteiger partial charge in [0.1, 0.15) is 24.7 Å². The van der Waals surface area contributed by atoms with Gasteiger partial charge in [-0.25, -0.2) is 0 Å². The van der Waals surface area contributed by atoms with E-state index in [-0.39, 0.29) is 12.5 Å². The Hall–Kier alpha value is -2.99. The largest absolute Gasteiger partial charge is 0.491 e. The van der Waals surface area contributed by atoms with Crippen LogP contribution in [0.1, 0.15) is 0 Å². The summed E-state index contributed by atoms with van der Waals surface area (Å²) in [5.41, 5.74) is 1.42. The molecule has 138 valence electrons. The first kappa shape index (κ1) is 19.3. The number of amides is 1. The van der Waals surface area contributed by atoms with E-state index in [2.05, 4.69) is 17.2 Å². The molecule has 0 fully saturated rings. The number of benzene rings is 2. The molecule has 2 aromatic carbocycles. The van der Waals surface area contributed by atoms with Gasteiger partial charge in [-0.3, -0.25) is 4.79 Å². The van der Waals surface area contributed by atoms with E-state index in [1.807, 2.05) is 42.5 Å². The van der Waals surface area contributed by atoms with Crippen LogP contribution in [0.5, 0.6) is 11.5 Å². The quantitative estimate of drug-likeness (QED) is 0.477. The van der Waals surface area contributed by atoms with Crippen LogP contribution in [0.3, 0.4) is 0 Å². The highest BCUT2D eigenvalue weighted by molar-refractivity contribution is 5.94. The third-order valence-electron chi connectivity index (χ3n) is 3.36. The molecule has 0 atom stereocenters. The number of nitrogens with one attached hydrogen (secondary N) is 2. The van der Waals surface area contributed by atoms with Gasteiger partial charge in [-0.2, -0.15) is 0 Å². The zero-order valence-corrected chi connectivity index (χ0v) is 14.9. The zero-order chi connectivity index (χ0) is 18.6. The van der Waals surface area contributed by atoms with Gasteiger partial charge in [0.05, 0.1) is 18.8 Å². The maximum absolute atomic E-state index is 12.2. The van der Waals surface area contributed by atoms with E-state index in [4.69, 9.17) is 14.2 Å². The number of rotatable bonds is 11. The van der Waals surface area contributed by atoms with E-state index in [1.54, 1.807) is 19.3 Å². The third-order valence-corrected chi connectivity index (χ3v) is 3.36. The van der Waals surface area contributed by atoms with Crippen LogP contribution in [0.25, 0.3) is 0 Å². The van der Waals surface area contributed by atoms with E-state index >= 15 is 0 Å². The molecule has 2 N–H and O–H groups in total. The van der Waals surface area contributed by atoms with Gasteiger partial charge in [0.2, 0.25) is 5.91 Å². The van der Waals surface area contributed by atoms with Gasteiger partial charge in [0, 0.05) is 18.9 Å². The molecular formula is C20H24N2O4. The Kier molecular flexibility index (Phi) is 8.02. The Bertz CT molecular complexity index is 718. The number of hydrogen-bond acceptors (Lipinski definition) is 5. The van der Waals surface area contributed by atoms with Gasteiger partial charge in [0.25, 0.3) is 0 Å². The number of para-hydroxylation sites is 2. The van der Waals surface area contributed by atoms with Crippen LogP contribution >= 0.6 is 0 Å². The van der Waals surface area contributed by atoms with E-state index in [0.29, 0.717) is 37.0 Å².